The highest BCUT2D eigenvalue weighted by Gasteiger charge is 2.06. The van der Waals surface area contributed by atoms with Gasteiger partial charge in [-0.1, -0.05) is 60.3 Å². The van der Waals surface area contributed by atoms with E-state index in [2.05, 4.69) is 33.2 Å². The van der Waals surface area contributed by atoms with Gasteiger partial charge in [-0.05, 0) is 47.0 Å². The van der Waals surface area contributed by atoms with E-state index in [0.717, 1.165) is 44.3 Å². The van der Waals surface area contributed by atoms with Crippen molar-refractivity contribution in [2.75, 3.05) is 0 Å². The van der Waals surface area contributed by atoms with Crippen molar-refractivity contribution in [1.29, 1.82) is 5.26 Å². The Hall–Kier alpha value is -4.08. The highest BCUT2D eigenvalue weighted by Crippen LogP contribution is 2.25. The van der Waals surface area contributed by atoms with Crippen LogP contribution >= 0.6 is 11.8 Å². The number of fused-ring (bicyclic) bond motifs is 1. The van der Waals surface area contributed by atoms with Crippen LogP contribution in [0.3, 0.4) is 0 Å². The van der Waals surface area contributed by atoms with Gasteiger partial charge in [-0.25, -0.2) is 4.98 Å². The van der Waals surface area contributed by atoms with E-state index in [-0.39, 0.29) is 0 Å². The fourth-order valence-corrected chi connectivity index (χ4v) is 4.28. The van der Waals surface area contributed by atoms with E-state index in [1.165, 1.54) is 0 Å². The van der Waals surface area contributed by atoms with Crippen molar-refractivity contribution in [1.82, 2.24) is 15.0 Å². The lowest BCUT2D eigenvalue weighted by molar-refractivity contribution is 0.305. The third kappa shape index (κ3) is 5.05. The SMILES string of the molecule is N#Cc1cccc(-c2ccc(COc3ccnc(CSc4nc5ccccc5[nH]4)c3)cc2)c1. The molecule has 5 nitrogen and oxygen atoms in total. The molecule has 0 aliphatic carbocycles. The molecule has 0 amide bonds. The Kier molecular flexibility index (Phi) is 6.05. The van der Waals surface area contributed by atoms with E-state index < -0.39 is 0 Å². The number of para-hydroxylation sites is 2. The first-order valence-corrected chi connectivity index (χ1v) is 11.5. The van der Waals surface area contributed by atoms with Gasteiger partial charge in [0.1, 0.15) is 12.4 Å². The number of hydrogen-bond acceptors (Lipinski definition) is 5. The standard InChI is InChI=1S/C27H20N4OS/c28-16-20-4-3-5-22(14-20)21-10-8-19(9-11-21)17-32-24-12-13-29-23(15-24)18-33-27-30-25-6-1-2-7-26(25)31-27/h1-15H,17-18H2,(H,30,31). The normalized spacial score (nSPS) is 10.8. The lowest BCUT2D eigenvalue weighted by atomic mass is 10.0. The molecule has 0 fully saturated rings. The number of pyridine rings is 1. The number of aromatic nitrogens is 3. The molecule has 3 aromatic carbocycles. The number of rotatable bonds is 7. The summed E-state index contributed by atoms with van der Waals surface area (Å²) < 4.78 is 6.00. The Labute approximate surface area is 196 Å². The summed E-state index contributed by atoms with van der Waals surface area (Å²) in [6.07, 6.45) is 1.77. The molecular weight excluding hydrogens is 428 g/mol. The van der Waals surface area contributed by atoms with Crippen molar-refractivity contribution in [2.45, 2.75) is 17.5 Å². The molecule has 5 aromatic rings. The number of thioether (sulfide) groups is 1. The molecule has 0 aliphatic rings. The van der Waals surface area contributed by atoms with E-state index in [1.807, 2.05) is 72.8 Å². The second kappa shape index (κ2) is 9.60. The predicted octanol–water partition coefficient (Wildman–Crippen LogP) is 6.37. The van der Waals surface area contributed by atoms with Crippen LogP contribution in [0.15, 0.2) is 96.3 Å². The first-order chi connectivity index (χ1) is 16.3. The van der Waals surface area contributed by atoms with Crippen molar-refractivity contribution in [3.05, 3.63) is 108 Å². The maximum atomic E-state index is 9.10. The third-order valence-electron chi connectivity index (χ3n) is 5.20. The van der Waals surface area contributed by atoms with Gasteiger partial charge in [-0.3, -0.25) is 4.98 Å². The van der Waals surface area contributed by atoms with E-state index in [9.17, 15) is 0 Å². The Morgan fingerprint density at radius 3 is 2.64 bits per heavy atom. The average Bonchev–Trinajstić information content (AvgIpc) is 3.30. The van der Waals surface area contributed by atoms with E-state index in [4.69, 9.17) is 10.00 Å². The summed E-state index contributed by atoms with van der Waals surface area (Å²) in [6, 6.07) is 29.8. The fraction of sp³-hybridized carbons (Fsp3) is 0.0741. The van der Waals surface area contributed by atoms with Crippen LogP contribution in [-0.4, -0.2) is 15.0 Å². The average molecular weight is 449 g/mol. The Morgan fingerprint density at radius 1 is 0.909 bits per heavy atom. The Bertz CT molecular complexity index is 1400. The maximum absolute atomic E-state index is 9.10. The molecular formula is C27H20N4OS. The molecule has 160 valence electrons. The second-order valence-electron chi connectivity index (χ2n) is 7.51. The zero-order chi connectivity index (χ0) is 22.5. The first-order valence-electron chi connectivity index (χ1n) is 10.5. The number of aromatic amines is 1. The molecule has 1 N–H and O–H groups in total. The smallest absolute Gasteiger partial charge is 0.166 e. The van der Waals surface area contributed by atoms with Gasteiger partial charge in [0, 0.05) is 18.0 Å². The molecule has 2 aromatic heterocycles. The number of nitrogens with one attached hydrogen (secondary N) is 1. The van der Waals surface area contributed by atoms with Gasteiger partial charge in [0.2, 0.25) is 0 Å². The quantitative estimate of drug-likeness (QED) is 0.293. The van der Waals surface area contributed by atoms with Gasteiger partial charge in [0.05, 0.1) is 28.4 Å². The van der Waals surface area contributed by atoms with Crippen LogP contribution in [0.25, 0.3) is 22.2 Å². The van der Waals surface area contributed by atoms with Crippen LogP contribution in [0.1, 0.15) is 16.8 Å². The molecule has 0 radical (unpaired) electrons. The third-order valence-corrected chi connectivity index (χ3v) is 6.10. The predicted molar refractivity (Wildman–Crippen MR) is 131 cm³/mol. The first kappa shape index (κ1) is 20.8. The van der Waals surface area contributed by atoms with Crippen LogP contribution in [0.4, 0.5) is 0 Å². The van der Waals surface area contributed by atoms with E-state index in [0.29, 0.717) is 17.9 Å². The minimum absolute atomic E-state index is 0.471. The number of nitriles is 1. The summed E-state index contributed by atoms with van der Waals surface area (Å²) in [5.41, 5.74) is 6.78. The highest BCUT2D eigenvalue weighted by atomic mass is 32.2. The number of ether oxygens (including phenoxy) is 1. The lowest BCUT2D eigenvalue weighted by Crippen LogP contribution is -1.97. The summed E-state index contributed by atoms with van der Waals surface area (Å²) in [7, 11) is 0. The molecule has 0 spiro atoms. The topological polar surface area (TPSA) is 74.6 Å². The zero-order valence-electron chi connectivity index (χ0n) is 17.7. The van der Waals surface area contributed by atoms with Gasteiger partial charge in [-0.2, -0.15) is 5.26 Å². The minimum atomic E-state index is 0.471. The van der Waals surface area contributed by atoms with Crippen LogP contribution < -0.4 is 4.74 Å². The van der Waals surface area contributed by atoms with Crippen LogP contribution in [-0.2, 0) is 12.4 Å². The van der Waals surface area contributed by atoms with Gasteiger partial charge < -0.3 is 9.72 Å². The number of nitrogens with zero attached hydrogens (tertiary/aromatic N) is 3. The van der Waals surface area contributed by atoms with Crippen molar-refractivity contribution in [3.8, 4) is 22.9 Å². The molecule has 0 bridgehead atoms. The molecule has 0 atom stereocenters. The number of hydrogen-bond donors (Lipinski definition) is 1. The van der Waals surface area contributed by atoms with E-state index in [1.54, 1.807) is 18.0 Å². The molecule has 0 unspecified atom stereocenters. The molecule has 33 heavy (non-hydrogen) atoms. The van der Waals surface area contributed by atoms with Crippen molar-refractivity contribution >= 4 is 22.8 Å². The van der Waals surface area contributed by atoms with Crippen LogP contribution in [0, 0.1) is 11.3 Å². The molecule has 6 heteroatoms. The van der Waals surface area contributed by atoms with Crippen LogP contribution in [0.2, 0.25) is 0 Å². The van der Waals surface area contributed by atoms with Gasteiger partial charge in [0.15, 0.2) is 5.16 Å². The van der Waals surface area contributed by atoms with E-state index >= 15 is 0 Å². The summed E-state index contributed by atoms with van der Waals surface area (Å²) in [5.74, 6) is 1.49. The molecule has 5 rings (SSSR count). The van der Waals surface area contributed by atoms with Crippen molar-refractivity contribution in [3.63, 3.8) is 0 Å². The summed E-state index contributed by atoms with van der Waals surface area (Å²) in [4.78, 5) is 12.4. The summed E-state index contributed by atoms with van der Waals surface area (Å²) in [6.45, 7) is 0.471. The van der Waals surface area contributed by atoms with Gasteiger partial charge >= 0.3 is 0 Å². The second-order valence-corrected chi connectivity index (χ2v) is 8.47. The molecule has 0 saturated heterocycles. The number of imidazole rings is 1. The van der Waals surface area contributed by atoms with Gasteiger partial charge in [0.25, 0.3) is 0 Å². The monoisotopic (exact) mass is 448 g/mol. The largest absolute Gasteiger partial charge is 0.489 e. The highest BCUT2D eigenvalue weighted by molar-refractivity contribution is 7.98. The van der Waals surface area contributed by atoms with Crippen molar-refractivity contribution < 1.29 is 4.74 Å². The molecule has 0 saturated carbocycles. The van der Waals surface area contributed by atoms with Crippen molar-refractivity contribution in [2.24, 2.45) is 0 Å². The Morgan fingerprint density at radius 2 is 1.79 bits per heavy atom. The zero-order valence-corrected chi connectivity index (χ0v) is 18.5. The number of H-pyrrole nitrogens is 1. The number of benzene rings is 3. The Balaban J connectivity index is 1.19. The van der Waals surface area contributed by atoms with Gasteiger partial charge in [-0.15, -0.1) is 0 Å². The van der Waals surface area contributed by atoms with Crippen LogP contribution in [0.5, 0.6) is 5.75 Å². The summed E-state index contributed by atoms with van der Waals surface area (Å²) >= 11 is 1.62. The summed E-state index contributed by atoms with van der Waals surface area (Å²) in [5, 5.41) is 9.97. The minimum Gasteiger partial charge on any atom is -0.489 e. The maximum Gasteiger partial charge on any atom is 0.166 e. The molecule has 2 heterocycles. The lowest BCUT2D eigenvalue weighted by Gasteiger charge is -2.09. The molecule has 0 aliphatic heterocycles. The fourth-order valence-electron chi connectivity index (χ4n) is 3.49.